The Morgan fingerprint density at radius 2 is 2.19 bits per heavy atom. The summed E-state index contributed by atoms with van der Waals surface area (Å²) < 4.78 is 7.32. The number of benzene rings is 1. The minimum atomic E-state index is -0.401. The Kier molecular flexibility index (Phi) is 4.59. The first kappa shape index (κ1) is 15.1. The summed E-state index contributed by atoms with van der Waals surface area (Å²) in [6, 6.07) is 8.64. The average molecular weight is 289 g/mol. The number of nitro groups is 1. The van der Waals surface area contributed by atoms with Gasteiger partial charge in [-0.1, -0.05) is 0 Å². The van der Waals surface area contributed by atoms with Gasteiger partial charge in [0.25, 0.3) is 5.69 Å². The number of hydrogen-bond donors (Lipinski definition) is 1. The monoisotopic (exact) mass is 289 g/mol. The Morgan fingerprint density at radius 1 is 1.43 bits per heavy atom. The fraction of sp³-hybridized carbons (Fsp3) is 0.333. The first-order valence-corrected chi connectivity index (χ1v) is 6.72. The maximum Gasteiger partial charge on any atom is 0.270 e. The van der Waals surface area contributed by atoms with Crippen molar-refractivity contribution in [3.63, 3.8) is 0 Å². The summed E-state index contributed by atoms with van der Waals surface area (Å²) in [4.78, 5) is 10.5. The minimum Gasteiger partial charge on any atom is -0.496 e. The Morgan fingerprint density at radius 3 is 2.81 bits per heavy atom. The largest absolute Gasteiger partial charge is 0.496 e. The summed E-state index contributed by atoms with van der Waals surface area (Å²) in [6.07, 6.45) is 2.69. The maximum atomic E-state index is 10.9. The summed E-state index contributed by atoms with van der Waals surface area (Å²) in [5.74, 6) is 0.640. The van der Waals surface area contributed by atoms with Gasteiger partial charge in [0.15, 0.2) is 0 Å². The molecule has 2 aromatic rings. The van der Waals surface area contributed by atoms with Gasteiger partial charge >= 0.3 is 0 Å². The summed E-state index contributed by atoms with van der Waals surface area (Å²) in [5, 5.41) is 10.9. The number of rotatable bonds is 6. The first-order chi connectivity index (χ1) is 10.0. The molecule has 2 rings (SSSR count). The number of non-ortho nitro benzene ring substituents is 1. The molecule has 0 aliphatic heterocycles. The molecular weight excluding hydrogens is 270 g/mol. The van der Waals surface area contributed by atoms with Crippen LogP contribution in [0, 0.1) is 10.1 Å². The molecule has 1 atom stereocenters. The van der Waals surface area contributed by atoms with Crippen molar-refractivity contribution in [2.45, 2.75) is 25.9 Å². The molecule has 1 heterocycles. The van der Waals surface area contributed by atoms with Crippen LogP contribution in [0.2, 0.25) is 0 Å². The number of nitrogens with two attached hydrogens (primary N) is 1. The van der Waals surface area contributed by atoms with Crippen molar-refractivity contribution in [3.8, 4) is 5.75 Å². The number of ether oxygens (including phenoxy) is 1. The third kappa shape index (κ3) is 3.61. The standard InChI is InChI=1S/C15H19N3O3/c1-11(16)8-13-4-3-7-17(13)10-12-9-14(18(19)20)5-6-15(12)21-2/h3-7,9,11H,8,10,16H2,1-2H3. The molecule has 21 heavy (non-hydrogen) atoms. The molecule has 0 spiro atoms. The highest BCUT2D eigenvalue weighted by atomic mass is 16.6. The van der Waals surface area contributed by atoms with E-state index < -0.39 is 4.92 Å². The van der Waals surface area contributed by atoms with Crippen LogP contribution in [-0.4, -0.2) is 22.6 Å². The molecule has 1 unspecified atom stereocenters. The van der Waals surface area contributed by atoms with E-state index in [9.17, 15) is 10.1 Å². The molecule has 0 fully saturated rings. The van der Waals surface area contributed by atoms with Crippen LogP contribution in [0.4, 0.5) is 5.69 Å². The number of nitrogens with zero attached hydrogens (tertiary/aromatic N) is 2. The second-order valence-electron chi connectivity index (χ2n) is 5.06. The topological polar surface area (TPSA) is 83.3 Å². The molecule has 0 bridgehead atoms. The molecule has 6 heteroatoms. The fourth-order valence-electron chi connectivity index (χ4n) is 2.30. The molecule has 0 aliphatic rings. The molecule has 1 aromatic heterocycles. The number of hydrogen-bond acceptors (Lipinski definition) is 4. The van der Waals surface area contributed by atoms with Crippen LogP contribution in [-0.2, 0) is 13.0 Å². The predicted octanol–water partition coefficient (Wildman–Crippen LogP) is 2.34. The van der Waals surface area contributed by atoms with Crippen molar-refractivity contribution in [2.24, 2.45) is 5.73 Å². The van der Waals surface area contributed by atoms with Gasteiger partial charge in [-0.3, -0.25) is 10.1 Å². The van der Waals surface area contributed by atoms with Gasteiger partial charge in [0, 0.05) is 42.0 Å². The van der Waals surface area contributed by atoms with Gasteiger partial charge in [0.1, 0.15) is 5.75 Å². The van der Waals surface area contributed by atoms with Gasteiger partial charge in [-0.2, -0.15) is 0 Å². The summed E-state index contributed by atoms with van der Waals surface area (Å²) >= 11 is 0. The van der Waals surface area contributed by atoms with E-state index in [0.717, 1.165) is 17.7 Å². The molecule has 0 amide bonds. The summed E-state index contributed by atoms with van der Waals surface area (Å²) in [6.45, 7) is 2.46. The first-order valence-electron chi connectivity index (χ1n) is 6.72. The van der Waals surface area contributed by atoms with Gasteiger partial charge in [-0.25, -0.2) is 0 Å². The second-order valence-corrected chi connectivity index (χ2v) is 5.06. The van der Waals surface area contributed by atoms with Gasteiger partial charge in [-0.05, 0) is 25.1 Å². The zero-order valence-electron chi connectivity index (χ0n) is 12.2. The van der Waals surface area contributed by atoms with Gasteiger partial charge in [0.05, 0.1) is 18.6 Å². The average Bonchev–Trinajstić information content (AvgIpc) is 2.85. The molecule has 6 nitrogen and oxygen atoms in total. The lowest BCUT2D eigenvalue weighted by Crippen LogP contribution is -2.20. The van der Waals surface area contributed by atoms with Crippen molar-refractivity contribution in [1.29, 1.82) is 0 Å². The lowest BCUT2D eigenvalue weighted by molar-refractivity contribution is -0.384. The Balaban J connectivity index is 2.32. The van der Waals surface area contributed by atoms with E-state index in [-0.39, 0.29) is 11.7 Å². The lowest BCUT2D eigenvalue weighted by atomic mass is 10.1. The van der Waals surface area contributed by atoms with E-state index in [2.05, 4.69) is 0 Å². The molecule has 0 aliphatic carbocycles. The molecule has 1 aromatic carbocycles. The summed E-state index contributed by atoms with van der Waals surface area (Å²) in [7, 11) is 1.56. The normalized spacial score (nSPS) is 12.1. The summed E-state index contributed by atoms with van der Waals surface area (Å²) in [5.41, 5.74) is 7.77. The maximum absolute atomic E-state index is 10.9. The smallest absolute Gasteiger partial charge is 0.270 e. The molecule has 2 N–H and O–H groups in total. The van der Waals surface area contributed by atoms with Crippen LogP contribution >= 0.6 is 0 Å². The Bertz CT molecular complexity index is 635. The van der Waals surface area contributed by atoms with E-state index in [1.54, 1.807) is 19.2 Å². The van der Waals surface area contributed by atoms with Gasteiger partial charge in [-0.15, -0.1) is 0 Å². The third-order valence-corrected chi connectivity index (χ3v) is 3.27. The van der Waals surface area contributed by atoms with Crippen LogP contribution in [0.3, 0.4) is 0 Å². The van der Waals surface area contributed by atoms with E-state index in [1.165, 1.54) is 6.07 Å². The van der Waals surface area contributed by atoms with Gasteiger partial charge < -0.3 is 15.0 Å². The Labute approximate surface area is 123 Å². The van der Waals surface area contributed by atoms with Crippen molar-refractivity contribution in [3.05, 3.63) is 57.9 Å². The molecule has 0 radical (unpaired) electrons. The van der Waals surface area contributed by atoms with Crippen LogP contribution in [0.1, 0.15) is 18.2 Å². The van der Waals surface area contributed by atoms with E-state index in [0.29, 0.717) is 12.3 Å². The number of nitro benzene ring substituents is 1. The van der Waals surface area contributed by atoms with Crippen LogP contribution < -0.4 is 10.5 Å². The molecule has 0 saturated heterocycles. The highest BCUT2D eigenvalue weighted by Gasteiger charge is 2.13. The third-order valence-electron chi connectivity index (χ3n) is 3.27. The van der Waals surface area contributed by atoms with E-state index in [1.807, 2.05) is 29.8 Å². The molecule has 112 valence electrons. The zero-order chi connectivity index (χ0) is 15.4. The highest BCUT2D eigenvalue weighted by Crippen LogP contribution is 2.25. The van der Waals surface area contributed by atoms with Crippen molar-refractivity contribution in [1.82, 2.24) is 4.57 Å². The quantitative estimate of drug-likeness (QED) is 0.653. The second kappa shape index (κ2) is 6.41. The van der Waals surface area contributed by atoms with Crippen LogP contribution in [0.15, 0.2) is 36.5 Å². The van der Waals surface area contributed by atoms with E-state index >= 15 is 0 Å². The van der Waals surface area contributed by atoms with Crippen molar-refractivity contribution < 1.29 is 9.66 Å². The Hall–Kier alpha value is -2.34. The fourth-order valence-corrected chi connectivity index (χ4v) is 2.30. The number of aromatic nitrogens is 1. The van der Waals surface area contributed by atoms with Crippen molar-refractivity contribution in [2.75, 3.05) is 7.11 Å². The van der Waals surface area contributed by atoms with Gasteiger partial charge in [0.2, 0.25) is 0 Å². The lowest BCUT2D eigenvalue weighted by Gasteiger charge is -2.13. The van der Waals surface area contributed by atoms with E-state index in [4.69, 9.17) is 10.5 Å². The highest BCUT2D eigenvalue weighted by molar-refractivity contribution is 5.44. The SMILES string of the molecule is COc1ccc([N+](=O)[O-])cc1Cn1cccc1CC(C)N. The molecular formula is C15H19N3O3. The predicted molar refractivity (Wildman–Crippen MR) is 80.5 cm³/mol. The number of methoxy groups -OCH3 is 1. The molecule has 0 saturated carbocycles. The van der Waals surface area contributed by atoms with Crippen LogP contribution in [0.5, 0.6) is 5.75 Å². The van der Waals surface area contributed by atoms with Crippen molar-refractivity contribution >= 4 is 5.69 Å². The minimum absolute atomic E-state index is 0.0608. The van der Waals surface area contributed by atoms with Crippen LogP contribution in [0.25, 0.3) is 0 Å². The zero-order valence-corrected chi connectivity index (χ0v) is 12.2.